The molecule has 0 amide bonds. The van der Waals surface area contributed by atoms with E-state index in [9.17, 15) is 39.6 Å². The van der Waals surface area contributed by atoms with Gasteiger partial charge in [0.15, 0.2) is 0 Å². The molecule has 0 aliphatic carbocycles. The zero-order valence-electron chi connectivity index (χ0n) is 22.5. The van der Waals surface area contributed by atoms with E-state index in [2.05, 4.69) is 0 Å². The van der Waals surface area contributed by atoms with Crippen LogP contribution in [0.1, 0.15) is 41.5 Å². The molecule has 0 aromatic heterocycles. The highest BCUT2D eigenvalue weighted by Gasteiger charge is 2.55. The number of hydrogen-bond acceptors (Lipinski definition) is 8. The smallest absolute Gasteiger partial charge is 0.317 e. The number of nitrogens with zero attached hydrogens (tertiary/aromatic N) is 4. The summed E-state index contributed by atoms with van der Waals surface area (Å²) >= 11 is 0. The lowest BCUT2D eigenvalue weighted by atomic mass is 9.58. The van der Waals surface area contributed by atoms with Crippen LogP contribution in [0, 0.1) is 10.8 Å². The minimum atomic E-state index is -1.03. The van der Waals surface area contributed by atoms with Crippen LogP contribution in [0.25, 0.3) is 0 Å². The molecule has 0 spiro atoms. The molecule has 0 aromatic rings. The fourth-order valence-corrected chi connectivity index (χ4v) is 5.70. The van der Waals surface area contributed by atoms with E-state index in [1.165, 1.54) is 0 Å². The summed E-state index contributed by atoms with van der Waals surface area (Å²) in [5, 5.41) is 38.3. The molecule has 1 fully saturated rings. The zero-order valence-corrected chi connectivity index (χ0v) is 22.5. The molecule has 0 aromatic carbocycles. The number of rotatable bonds is 8. The van der Waals surface area contributed by atoms with E-state index in [0.717, 1.165) is 0 Å². The first kappa shape index (κ1) is 31.7. The Bertz CT molecular complexity index is 776. The third-order valence-corrected chi connectivity index (χ3v) is 7.03. The normalized spacial score (nSPS) is 20.3. The van der Waals surface area contributed by atoms with Gasteiger partial charge in [-0.2, -0.15) is 0 Å². The second-order valence-electron chi connectivity index (χ2n) is 11.6. The number of carboxylic acids is 4. The Hall–Kier alpha value is -2.28. The highest BCUT2D eigenvalue weighted by Crippen LogP contribution is 2.49. The van der Waals surface area contributed by atoms with Crippen LogP contribution in [-0.4, -0.2) is 141 Å². The van der Waals surface area contributed by atoms with Crippen molar-refractivity contribution in [2.75, 3.05) is 72.0 Å². The Morgan fingerprint density at radius 1 is 0.556 bits per heavy atom. The number of carboxylic acid groups (broad SMARTS) is 4. The summed E-state index contributed by atoms with van der Waals surface area (Å²) < 4.78 is 0. The molecule has 0 saturated carbocycles. The maximum absolute atomic E-state index is 12.0. The van der Waals surface area contributed by atoms with Crippen molar-refractivity contribution in [3.05, 3.63) is 0 Å². The van der Waals surface area contributed by atoms with E-state index in [0.29, 0.717) is 0 Å². The summed E-state index contributed by atoms with van der Waals surface area (Å²) in [5.41, 5.74) is -1.86. The van der Waals surface area contributed by atoms with E-state index in [1.54, 1.807) is 14.7 Å². The molecule has 0 unspecified atom stereocenters. The van der Waals surface area contributed by atoms with Crippen molar-refractivity contribution < 1.29 is 39.6 Å². The minimum absolute atomic E-state index is 0.236. The Labute approximate surface area is 213 Å². The summed E-state index contributed by atoms with van der Waals surface area (Å²) in [7, 11) is 0. The molecule has 208 valence electrons. The van der Waals surface area contributed by atoms with Gasteiger partial charge in [-0.25, -0.2) is 0 Å². The summed E-state index contributed by atoms with van der Waals surface area (Å²) in [6.07, 6.45) is 0. The molecule has 1 saturated heterocycles. The average Bonchev–Trinajstić information content (AvgIpc) is 2.66. The van der Waals surface area contributed by atoms with Gasteiger partial charge in [-0.15, -0.1) is 0 Å². The van der Waals surface area contributed by atoms with Crippen LogP contribution >= 0.6 is 0 Å². The van der Waals surface area contributed by atoms with Gasteiger partial charge in [0.05, 0.1) is 26.2 Å². The highest BCUT2D eigenvalue weighted by molar-refractivity contribution is 5.70. The summed E-state index contributed by atoms with van der Waals surface area (Å²) in [6.45, 7) is 12.8. The first-order chi connectivity index (χ1) is 16.4. The van der Waals surface area contributed by atoms with Gasteiger partial charge in [0.2, 0.25) is 0 Å². The molecule has 1 aliphatic rings. The molecule has 36 heavy (non-hydrogen) atoms. The minimum Gasteiger partial charge on any atom is -0.480 e. The molecule has 12 nitrogen and oxygen atoms in total. The molecule has 0 atom stereocenters. The SMILES string of the molecule is CC(C)(C)C1(C(C)(C)C)CN(CC(=O)O)CCN(CC(=O)O)CCN(CC(=O)O)CCN1CC(=O)O. The summed E-state index contributed by atoms with van der Waals surface area (Å²) in [4.78, 5) is 53.8. The zero-order chi connectivity index (χ0) is 27.9. The van der Waals surface area contributed by atoms with Crippen LogP contribution < -0.4 is 0 Å². The summed E-state index contributed by atoms with van der Waals surface area (Å²) in [5.74, 6) is -4.10. The molecular weight excluding hydrogens is 472 g/mol. The predicted molar refractivity (Wildman–Crippen MR) is 133 cm³/mol. The number of carbonyl (C=O) groups is 4. The van der Waals surface area contributed by atoms with Crippen LogP contribution in [0.15, 0.2) is 0 Å². The van der Waals surface area contributed by atoms with Crippen molar-refractivity contribution in [2.45, 2.75) is 47.1 Å². The average molecular weight is 517 g/mol. The highest BCUT2D eigenvalue weighted by atomic mass is 16.4. The van der Waals surface area contributed by atoms with E-state index in [4.69, 9.17) is 0 Å². The standard InChI is InChI=1S/C24H44N4O8/c1-22(2,3)24(23(4,5)6)17-27(15-20(33)34)10-9-25(13-18(29)30)7-8-26(14-19(31)32)11-12-28(24)16-21(35)36/h7-17H2,1-6H3,(H,29,30)(H,31,32)(H,33,34)(H,35,36). The van der Waals surface area contributed by atoms with Crippen LogP contribution in [0.5, 0.6) is 0 Å². The molecular formula is C24H44N4O8. The van der Waals surface area contributed by atoms with E-state index < -0.39 is 40.2 Å². The van der Waals surface area contributed by atoms with Gasteiger partial charge in [0, 0.05) is 51.4 Å². The van der Waals surface area contributed by atoms with Gasteiger partial charge in [-0.05, 0) is 10.8 Å². The lowest BCUT2D eigenvalue weighted by Crippen LogP contribution is -2.71. The van der Waals surface area contributed by atoms with Crippen molar-refractivity contribution >= 4 is 23.9 Å². The summed E-state index contributed by atoms with van der Waals surface area (Å²) in [6, 6.07) is 0. The van der Waals surface area contributed by atoms with Crippen molar-refractivity contribution in [2.24, 2.45) is 10.8 Å². The number of hydrogen-bond donors (Lipinski definition) is 4. The van der Waals surface area contributed by atoms with Crippen LogP contribution in [0.2, 0.25) is 0 Å². The van der Waals surface area contributed by atoms with E-state index in [-0.39, 0.29) is 72.0 Å². The lowest BCUT2D eigenvalue weighted by molar-refractivity contribution is -0.154. The molecule has 12 heteroatoms. The van der Waals surface area contributed by atoms with Crippen LogP contribution in [0.3, 0.4) is 0 Å². The Morgan fingerprint density at radius 2 is 0.861 bits per heavy atom. The van der Waals surface area contributed by atoms with Gasteiger partial charge in [0.25, 0.3) is 0 Å². The molecule has 1 rings (SSSR count). The van der Waals surface area contributed by atoms with Crippen LogP contribution in [-0.2, 0) is 19.2 Å². The molecule has 1 heterocycles. The van der Waals surface area contributed by atoms with Gasteiger partial charge in [0.1, 0.15) is 0 Å². The quantitative estimate of drug-likeness (QED) is 0.351. The maximum atomic E-state index is 12.0. The lowest BCUT2D eigenvalue weighted by Gasteiger charge is -2.61. The van der Waals surface area contributed by atoms with Gasteiger partial charge in [-0.3, -0.25) is 38.8 Å². The largest absolute Gasteiger partial charge is 0.480 e. The Kier molecular flexibility index (Phi) is 11.3. The molecule has 0 radical (unpaired) electrons. The van der Waals surface area contributed by atoms with Gasteiger partial charge < -0.3 is 20.4 Å². The topological polar surface area (TPSA) is 162 Å². The van der Waals surface area contributed by atoms with Crippen molar-refractivity contribution in [3.8, 4) is 0 Å². The molecule has 1 aliphatic heterocycles. The molecule has 4 N–H and O–H groups in total. The number of aliphatic carboxylic acids is 4. The third-order valence-electron chi connectivity index (χ3n) is 7.03. The maximum Gasteiger partial charge on any atom is 0.317 e. The third kappa shape index (κ3) is 8.99. The van der Waals surface area contributed by atoms with Gasteiger partial charge in [-0.1, -0.05) is 41.5 Å². The fourth-order valence-electron chi connectivity index (χ4n) is 5.70. The van der Waals surface area contributed by atoms with E-state index >= 15 is 0 Å². The Balaban J connectivity index is 3.69. The van der Waals surface area contributed by atoms with E-state index in [1.807, 2.05) is 46.4 Å². The molecule has 0 bridgehead atoms. The predicted octanol–water partition coefficient (Wildman–Crippen LogP) is 0.377. The Morgan fingerprint density at radius 3 is 1.19 bits per heavy atom. The first-order valence-corrected chi connectivity index (χ1v) is 12.2. The first-order valence-electron chi connectivity index (χ1n) is 12.2. The van der Waals surface area contributed by atoms with Crippen molar-refractivity contribution in [1.82, 2.24) is 19.6 Å². The monoisotopic (exact) mass is 516 g/mol. The van der Waals surface area contributed by atoms with Gasteiger partial charge >= 0.3 is 23.9 Å². The van der Waals surface area contributed by atoms with Crippen molar-refractivity contribution in [1.29, 1.82) is 0 Å². The fraction of sp³-hybridized carbons (Fsp3) is 0.833. The second kappa shape index (κ2) is 12.8. The second-order valence-corrected chi connectivity index (χ2v) is 11.6. The van der Waals surface area contributed by atoms with Crippen molar-refractivity contribution in [3.63, 3.8) is 0 Å². The van der Waals surface area contributed by atoms with Crippen LogP contribution in [0.4, 0.5) is 0 Å².